The van der Waals surface area contributed by atoms with Crippen molar-refractivity contribution < 1.29 is 13.6 Å². The first-order chi connectivity index (χ1) is 14.6. The molecule has 4 rings (SSSR count). The molecule has 4 aromatic rings. The molecule has 0 aliphatic carbocycles. The maximum atomic E-state index is 14.2. The van der Waals surface area contributed by atoms with E-state index >= 15 is 0 Å². The van der Waals surface area contributed by atoms with Crippen molar-refractivity contribution >= 4 is 22.7 Å². The number of halogens is 1. The van der Waals surface area contributed by atoms with Crippen LogP contribution >= 0.6 is 0 Å². The number of fused-ring (bicyclic) bond motifs is 1. The number of para-hydroxylation sites is 2. The summed E-state index contributed by atoms with van der Waals surface area (Å²) < 4.78 is 21.4. The smallest absolute Gasteiger partial charge is 0.314 e. The topological polar surface area (TPSA) is 76.6 Å². The van der Waals surface area contributed by atoms with Crippen LogP contribution in [0.25, 0.3) is 11.1 Å². The van der Waals surface area contributed by atoms with Gasteiger partial charge in [-0.05, 0) is 42.5 Å². The number of benzene rings is 3. The maximum Gasteiger partial charge on any atom is 0.314 e. The molecule has 1 heterocycles. The summed E-state index contributed by atoms with van der Waals surface area (Å²) in [5.74, 6) is -0.610. The maximum absolute atomic E-state index is 14.2. The van der Waals surface area contributed by atoms with Gasteiger partial charge < -0.3 is 9.73 Å². The lowest BCUT2D eigenvalue weighted by molar-refractivity contribution is 0.0963. The average Bonchev–Trinajstić information content (AvgIpc) is 2.78. The summed E-state index contributed by atoms with van der Waals surface area (Å²) in [5.41, 5.74) is 1.70. The second-order valence-electron chi connectivity index (χ2n) is 6.60. The molecule has 0 saturated heterocycles. The average molecular weight is 403 g/mol. The van der Waals surface area contributed by atoms with Gasteiger partial charge in [0.25, 0.3) is 11.5 Å². The Morgan fingerprint density at radius 1 is 1.03 bits per heavy atom. The van der Waals surface area contributed by atoms with E-state index in [0.717, 1.165) is 0 Å². The first-order valence-electron chi connectivity index (χ1n) is 9.30. The number of nitrogens with zero attached hydrogens (tertiary/aromatic N) is 2. The van der Waals surface area contributed by atoms with Gasteiger partial charge in [-0.3, -0.25) is 14.2 Å². The molecule has 1 N–H and O–H groups in total. The molecule has 7 heteroatoms. The molecule has 1 amide bonds. The van der Waals surface area contributed by atoms with Crippen molar-refractivity contribution in [2.75, 3.05) is 7.05 Å². The van der Waals surface area contributed by atoms with Gasteiger partial charge in [-0.25, -0.2) is 9.38 Å². The molecule has 0 spiro atoms. The third kappa shape index (κ3) is 3.77. The van der Waals surface area contributed by atoms with Crippen LogP contribution in [0.2, 0.25) is 0 Å². The van der Waals surface area contributed by atoms with Gasteiger partial charge in [0.1, 0.15) is 5.82 Å². The molecular formula is C23H18FN3O3. The van der Waals surface area contributed by atoms with Crippen LogP contribution in [-0.2, 0) is 6.54 Å². The van der Waals surface area contributed by atoms with Crippen LogP contribution in [-0.4, -0.2) is 17.5 Å². The zero-order chi connectivity index (χ0) is 21.1. The van der Waals surface area contributed by atoms with Crippen LogP contribution in [0.5, 0.6) is 0 Å². The van der Waals surface area contributed by atoms with Crippen molar-refractivity contribution in [2.45, 2.75) is 6.54 Å². The highest BCUT2D eigenvalue weighted by atomic mass is 19.1. The summed E-state index contributed by atoms with van der Waals surface area (Å²) in [6.45, 7) is 0.0422. The van der Waals surface area contributed by atoms with Crippen molar-refractivity contribution in [2.24, 2.45) is 4.99 Å². The minimum Gasteiger partial charge on any atom is -0.432 e. The molecule has 30 heavy (non-hydrogen) atoms. The van der Waals surface area contributed by atoms with Gasteiger partial charge in [0, 0.05) is 18.2 Å². The van der Waals surface area contributed by atoms with Crippen molar-refractivity contribution in [3.05, 3.63) is 106 Å². The Morgan fingerprint density at radius 3 is 2.47 bits per heavy atom. The van der Waals surface area contributed by atoms with Gasteiger partial charge in [-0.2, -0.15) is 0 Å². The molecule has 0 radical (unpaired) electrons. The second kappa shape index (κ2) is 8.16. The quantitative estimate of drug-likeness (QED) is 0.568. The minimum absolute atomic E-state index is 0.0422. The lowest BCUT2D eigenvalue weighted by atomic mass is 10.2. The van der Waals surface area contributed by atoms with Gasteiger partial charge in [0.05, 0.1) is 17.7 Å². The molecule has 0 unspecified atom stereocenters. The van der Waals surface area contributed by atoms with E-state index in [1.807, 2.05) is 0 Å². The van der Waals surface area contributed by atoms with E-state index in [2.05, 4.69) is 10.3 Å². The van der Waals surface area contributed by atoms with Crippen LogP contribution < -0.4 is 16.4 Å². The summed E-state index contributed by atoms with van der Waals surface area (Å²) in [5, 5.41) is 2.54. The largest absolute Gasteiger partial charge is 0.432 e. The fraction of sp³-hybridized carbons (Fsp3) is 0.0870. The highest BCUT2D eigenvalue weighted by Gasteiger charge is 2.11. The molecule has 0 aliphatic rings. The Balaban J connectivity index is 1.86. The number of hydrogen-bond acceptors (Lipinski definition) is 4. The number of amides is 1. The Morgan fingerprint density at radius 2 is 1.73 bits per heavy atom. The molecule has 0 bridgehead atoms. The Hall–Kier alpha value is -4.00. The zero-order valence-electron chi connectivity index (χ0n) is 16.1. The number of aromatic nitrogens is 1. The predicted octanol–water partition coefficient (Wildman–Crippen LogP) is 3.37. The highest BCUT2D eigenvalue weighted by Crippen LogP contribution is 2.15. The predicted molar refractivity (Wildman–Crippen MR) is 111 cm³/mol. The van der Waals surface area contributed by atoms with Crippen molar-refractivity contribution in [1.82, 2.24) is 9.88 Å². The highest BCUT2D eigenvalue weighted by molar-refractivity contribution is 5.94. The van der Waals surface area contributed by atoms with Crippen molar-refractivity contribution in [1.29, 1.82) is 0 Å². The van der Waals surface area contributed by atoms with Crippen LogP contribution in [0.3, 0.4) is 0 Å². The first kappa shape index (κ1) is 19.3. The molecule has 6 nitrogen and oxygen atoms in total. The van der Waals surface area contributed by atoms with E-state index in [1.165, 1.54) is 10.6 Å². The van der Waals surface area contributed by atoms with E-state index in [4.69, 9.17) is 4.42 Å². The first-order valence-corrected chi connectivity index (χ1v) is 9.30. The lowest BCUT2D eigenvalue weighted by Crippen LogP contribution is -2.35. The molecule has 150 valence electrons. The Kier molecular flexibility index (Phi) is 5.26. The van der Waals surface area contributed by atoms with Crippen LogP contribution in [0.15, 0.2) is 87.0 Å². The van der Waals surface area contributed by atoms with Gasteiger partial charge >= 0.3 is 5.56 Å². The van der Waals surface area contributed by atoms with Gasteiger partial charge in [-0.1, -0.05) is 30.3 Å². The fourth-order valence-corrected chi connectivity index (χ4v) is 3.11. The molecule has 0 aliphatic heterocycles. The zero-order valence-corrected chi connectivity index (χ0v) is 16.1. The van der Waals surface area contributed by atoms with Gasteiger partial charge in [-0.15, -0.1) is 0 Å². The van der Waals surface area contributed by atoms with E-state index in [1.54, 1.807) is 73.8 Å². The third-order valence-corrected chi connectivity index (χ3v) is 4.66. The number of hydrogen-bond donors (Lipinski definition) is 1. The fourth-order valence-electron chi connectivity index (χ4n) is 3.11. The number of carbonyl (C=O) groups is 1. The van der Waals surface area contributed by atoms with E-state index < -0.39 is 11.4 Å². The molecule has 0 fully saturated rings. The van der Waals surface area contributed by atoms with Crippen molar-refractivity contribution in [3.8, 4) is 0 Å². The summed E-state index contributed by atoms with van der Waals surface area (Å²) in [7, 11) is 1.55. The molecule has 1 aromatic heterocycles. The Bertz CT molecular complexity index is 1350. The molecule has 0 saturated carbocycles. The monoisotopic (exact) mass is 403 g/mol. The van der Waals surface area contributed by atoms with E-state index in [9.17, 15) is 14.0 Å². The summed E-state index contributed by atoms with van der Waals surface area (Å²) in [6.07, 6.45) is 0. The standard InChI is InChI=1S/C23H18FN3O3/c1-25-21(28)15-10-12-17(13-11-15)26-22-23(29)27(14-16-6-2-3-7-18(16)24)19-8-4-5-9-20(19)30-22/h2-13H,14H2,1H3,(H,25,28)/b26-22+. The Labute approximate surface area is 170 Å². The summed E-state index contributed by atoms with van der Waals surface area (Å²) in [6, 6.07) is 19.8. The third-order valence-electron chi connectivity index (χ3n) is 4.66. The minimum atomic E-state index is -0.479. The summed E-state index contributed by atoms with van der Waals surface area (Å²) in [4.78, 5) is 29.1. The van der Waals surface area contributed by atoms with Crippen LogP contribution in [0, 0.1) is 5.82 Å². The molecule has 3 aromatic carbocycles. The number of nitrogens with one attached hydrogen (secondary N) is 1. The molecule has 0 atom stereocenters. The SMILES string of the molecule is CNC(=O)c1ccc(/N=c2/oc3ccccc3n(Cc3ccccc3F)c2=O)cc1. The van der Waals surface area contributed by atoms with Gasteiger partial charge in [0.2, 0.25) is 0 Å². The van der Waals surface area contributed by atoms with E-state index in [0.29, 0.717) is 27.9 Å². The van der Waals surface area contributed by atoms with Gasteiger partial charge in [0.15, 0.2) is 5.58 Å². The second-order valence-corrected chi connectivity index (χ2v) is 6.60. The lowest BCUT2D eigenvalue weighted by Gasteiger charge is -2.10. The molecular weight excluding hydrogens is 385 g/mol. The number of carbonyl (C=O) groups excluding carboxylic acids is 1. The van der Waals surface area contributed by atoms with Crippen LogP contribution in [0.1, 0.15) is 15.9 Å². The summed E-state index contributed by atoms with van der Waals surface area (Å²) >= 11 is 0. The normalized spacial score (nSPS) is 11.6. The van der Waals surface area contributed by atoms with Crippen LogP contribution in [0.4, 0.5) is 10.1 Å². The van der Waals surface area contributed by atoms with E-state index in [-0.39, 0.29) is 18.0 Å². The number of rotatable bonds is 4. The van der Waals surface area contributed by atoms with Crippen molar-refractivity contribution in [3.63, 3.8) is 0 Å².